The Bertz CT molecular complexity index is 716. The van der Waals surface area contributed by atoms with E-state index in [-0.39, 0.29) is 11.5 Å². The van der Waals surface area contributed by atoms with Gasteiger partial charge in [0.2, 0.25) is 11.5 Å². The van der Waals surface area contributed by atoms with Crippen molar-refractivity contribution >= 4 is 28.9 Å². The average molecular weight is 335 g/mol. The Morgan fingerprint density at radius 1 is 1.35 bits per heavy atom. The number of nitrogens with one attached hydrogen (secondary N) is 2. The highest BCUT2D eigenvalue weighted by Gasteiger charge is 2.15. The Morgan fingerprint density at radius 2 is 2.09 bits per heavy atom. The number of anilines is 1. The first kappa shape index (κ1) is 16.7. The Balaban J connectivity index is 1.84. The lowest BCUT2D eigenvalue weighted by molar-refractivity contribution is 0.0945. The number of carbonyl (C=O) groups is 1. The van der Waals surface area contributed by atoms with E-state index in [9.17, 15) is 4.79 Å². The molecule has 2 rings (SSSR count). The van der Waals surface area contributed by atoms with Crippen LogP contribution in [0.2, 0.25) is 0 Å². The van der Waals surface area contributed by atoms with E-state index in [1.54, 1.807) is 7.11 Å². The number of methoxy groups -OCH3 is 1. The van der Waals surface area contributed by atoms with Gasteiger partial charge < -0.3 is 21.1 Å². The maximum absolute atomic E-state index is 11.7. The molecule has 2 aromatic rings. The zero-order chi connectivity index (χ0) is 16.8. The SMILES string of the molecule is COc1cc(C)ccc1C(=S)NCCNC(=O)c1nonc1N. The number of rotatable bonds is 6. The molecule has 23 heavy (non-hydrogen) atoms. The minimum absolute atomic E-state index is 0.0345. The van der Waals surface area contributed by atoms with E-state index < -0.39 is 5.91 Å². The molecule has 0 spiro atoms. The molecule has 0 atom stereocenters. The fourth-order valence-corrected chi connectivity index (χ4v) is 2.14. The number of carbonyl (C=O) groups excluding carboxylic acids is 1. The van der Waals surface area contributed by atoms with E-state index in [2.05, 4.69) is 25.6 Å². The molecule has 0 aliphatic carbocycles. The smallest absolute Gasteiger partial charge is 0.277 e. The first-order chi connectivity index (χ1) is 11.0. The molecule has 0 bridgehead atoms. The highest BCUT2D eigenvalue weighted by atomic mass is 32.1. The third-order valence-electron chi connectivity index (χ3n) is 3.03. The van der Waals surface area contributed by atoms with E-state index in [4.69, 9.17) is 22.7 Å². The maximum Gasteiger partial charge on any atom is 0.277 e. The van der Waals surface area contributed by atoms with Gasteiger partial charge in [0.05, 0.1) is 12.7 Å². The summed E-state index contributed by atoms with van der Waals surface area (Å²) in [4.78, 5) is 12.3. The third-order valence-corrected chi connectivity index (χ3v) is 3.39. The Hall–Kier alpha value is -2.68. The van der Waals surface area contributed by atoms with Crippen LogP contribution in [0, 0.1) is 6.92 Å². The quantitative estimate of drug-likeness (QED) is 0.521. The van der Waals surface area contributed by atoms with Crippen molar-refractivity contribution in [1.82, 2.24) is 20.9 Å². The van der Waals surface area contributed by atoms with Crippen molar-refractivity contribution in [2.75, 3.05) is 25.9 Å². The maximum atomic E-state index is 11.7. The van der Waals surface area contributed by atoms with Crippen LogP contribution in [0.15, 0.2) is 22.8 Å². The normalized spacial score (nSPS) is 10.2. The number of amides is 1. The number of nitrogen functional groups attached to an aromatic ring is 1. The number of ether oxygens (including phenoxy) is 1. The molecular formula is C14H17N5O3S. The van der Waals surface area contributed by atoms with Crippen molar-refractivity contribution in [3.63, 3.8) is 0 Å². The van der Waals surface area contributed by atoms with Gasteiger partial charge in [0.1, 0.15) is 10.7 Å². The molecule has 122 valence electrons. The molecule has 0 radical (unpaired) electrons. The minimum atomic E-state index is -0.454. The summed E-state index contributed by atoms with van der Waals surface area (Å²) in [7, 11) is 1.59. The summed E-state index contributed by atoms with van der Waals surface area (Å²) in [6.45, 7) is 2.75. The van der Waals surface area contributed by atoms with E-state index in [1.807, 2.05) is 25.1 Å². The van der Waals surface area contributed by atoms with Gasteiger partial charge in [0.25, 0.3) is 5.91 Å². The number of aromatic nitrogens is 2. The van der Waals surface area contributed by atoms with E-state index >= 15 is 0 Å². The van der Waals surface area contributed by atoms with Gasteiger partial charge >= 0.3 is 0 Å². The summed E-state index contributed by atoms with van der Waals surface area (Å²) in [5, 5.41) is 12.5. The van der Waals surface area contributed by atoms with Crippen LogP contribution in [0.5, 0.6) is 5.75 Å². The predicted octanol–water partition coefficient (Wildman–Crippen LogP) is 0.664. The second-order valence-corrected chi connectivity index (χ2v) is 5.12. The van der Waals surface area contributed by atoms with Crippen LogP contribution in [0.4, 0.5) is 5.82 Å². The van der Waals surface area contributed by atoms with Crippen molar-refractivity contribution in [3.05, 3.63) is 35.0 Å². The number of benzene rings is 1. The Morgan fingerprint density at radius 3 is 2.74 bits per heavy atom. The predicted molar refractivity (Wildman–Crippen MR) is 88.5 cm³/mol. The Labute approximate surface area is 138 Å². The van der Waals surface area contributed by atoms with Crippen LogP contribution in [0.25, 0.3) is 0 Å². The monoisotopic (exact) mass is 335 g/mol. The molecule has 1 amide bonds. The standard InChI is InChI=1S/C14H17N5O3S/c1-8-3-4-9(10(7-8)21-2)14(23)17-6-5-16-13(20)11-12(15)19-22-18-11/h3-4,7H,5-6H2,1-2H3,(H2,15,19)(H,16,20)(H,17,23). The van der Waals surface area contributed by atoms with Crippen molar-refractivity contribution in [1.29, 1.82) is 0 Å². The van der Waals surface area contributed by atoms with Crippen LogP contribution < -0.4 is 21.1 Å². The van der Waals surface area contributed by atoms with E-state index in [0.29, 0.717) is 23.8 Å². The van der Waals surface area contributed by atoms with Crippen LogP contribution in [0.1, 0.15) is 21.6 Å². The molecule has 0 saturated carbocycles. The largest absolute Gasteiger partial charge is 0.496 e. The summed E-state index contributed by atoms with van der Waals surface area (Å²) < 4.78 is 9.68. The lowest BCUT2D eigenvalue weighted by atomic mass is 10.1. The zero-order valence-electron chi connectivity index (χ0n) is 12.8. The molecule has 8 nitrogen and oxygen atoms in total. The van der Waals surface area contributed by atoms with Crippen LogP contribution in [-0.2, 0) is 0 Å². The summed E-state index contributed by atoms with van der Waals surface area (Å²) in [5.74, 6) is 0.202. The van der Waals surface area contributed by atoms with Crippen molar-refractivity contribution < 1.29 is 14.2 Å². The van der Waals surface area contributed by atoms with Gasteiger partial charge in [-0.15, -0.1) is 0 Å². The van der Waals surface area contributed by atoms with Crippen LogP contribution >= 0.6 is 12.2 Å². The molecular weight excluding hydrogens is 318 g/mol. The second-order valence-electron chi connectivity index (χ2n) is 4.71. The first-order valence-electron chi connectivity index (χ1n) is 6.82. The second kappa shape index (κ2) is 7.54. The van der Waals surface area contributed by atoms with Crippen molar-refractivity contribution in [3.8, 4) is 5.75 Å². The van der Waals surface area contributed by atoms with Gasteiger partial charge in [-0.3, -0.25) is 4.79 Å². The van der Waals surface area contributed by atoms with E-state index in [1.165, 1.54) is 0 Å². The molecule has 0 saturated heterocycles. The number of thiocarbonyl (C=S) groups is 1. The molecule has 1 aromatic heterocycles. The van der Waals surface area contributed by atoms with Crippen molar-refractivity contribution in [2.45, 2.75) is 6.92 Å². The summed E-state index contributed by atoms with van der Waals surface area (Å²) in [6.07, 6.45) is 0. The van der Waals surface area contributed by atoms with Gasteiger partial charge in [0.15, 0.2) is 0 Å². The number of aryl methyl sites for hydroxylation is 1. The van der Waals surface area contributed by atoms with E-state index in [0.717, 1.165) is 11.1 Å². The Kier molecular flexibility index (Phi) is 5.47. The highest BCUT2D eigenvalue weighted by Crippen LogP contribution is 2.20. The average Bonchev–Trinajstić information content (AvgIpc) is 2.97. The molecule has 4 N–H and O–H groups in total. The van der Waals surface area contributed by atoms with Crippen LogP contribution in [0.3, 0.4) is 0 Å². The number of hydrogen-bond donors (Lipinski definition) is 3. The molecule has 0 unspecified atom stereocenters. The summed E-state index contributed by atoms with van der Waals surface area (Å²) in [5.41, 5.74) is 7.28. The highest BCUT2D eigenvalue weighted by molar-refractivity contribution is 7.80. The zero-order valence-corrected chi connectivity index (χ0v) is 13.6. The van der Waals surface area contributed by atoms with Gasteiger partial charge in [-0.2, -0.15) is 0 Å². The number of nitrogens with zero attached hydrogens (tertiary/aromatic N) is 2. The van der Waals surface area contributed by atoms with Gasteiger partial charge in [-0.1, -0.05) is 18.3 Å². The molecule has 1 heterocycles. The summed E-state index contributed by atoms with van der Waals surface area (Å²) >= 11 is 5.34. The van der Waals surface area contributed by atoms with Crippen LogP contribution in [-0.4, -0.2) is 41.4 Å². The fraction of sp³-hybridized carbons (Fsp3) is 0.286. The first-order valence-corrected chi connectivity index (χ1v) is 7.23. The molecule has 0 aliphatic heterocycles. The van der Waals surface area contributed by atoms with Crippen molar-refractivity contribution in [2.24, 2.45) is 0 Å². The number of hydrogen-bond acceptors (Lipinski definition) is 7. The molecule has 9 heteroatoms. The minimum Gasteiger partial charge on any atom is -0.496 e. The lowest BCUT2D eigenvalue weighted by Crippen LogP contribution is -2.34. The topological polar surface area (TPSA) is 115 Å². The van der Waals surface area contributed by atoms with Gasteiger partial charge in [-0.05, 0) is 34.9 Å². The lowest BCUT2D eigenvalue weighted by Gasteiger charge is -2.12. The third kappa shape index (κ3) is 4.16. The molecule has 0 aliphatic rings. The number of nitrogens with two attached hydrogens (primary N) is 1. The fourth-order valence-electron chi connectivity index (χ4n) is 1.87. The summed E-state index contributed by atoms with van der Waals surface area (Å²) in [6, 6.07) is 5.75. The molecule has 1 aromatic carbocycles. The van der Waals surface area contributed by atoms with Gasteiger partial charge in [0, 0.05) is 13.1 Å². The van der Waals surface area contributed by atoms with Gasteiger partial charge in [-0.25, -0.2) is 4.63 Å². The molecule has 0 fully saturated rings.